The van der Waals surface area contributed by atoms with E-state index in [1.165, 1.54) is 5.69 Å². The minimum absolute atomic E-state index is 0.00231. The van der Waals surface area contributed by atoms with Crippen molar-refractivity contribution in [3.8, 4) is 0 Å². The molecule has 5 heteroatoms. The van der Waals surface area contributed by atoms with Crippen LogP contribution < -0.4 is 10.2 Å². The molecular weight excluding hydrogens is 350 g/mol. The van der Waals surface area contributed by atoms with Crippen LogP contribution in [0.15, 0.2) is 54.6 Å². The fraction of sp³-hybridized carbons (Fsp3) is 0.391. The van der Waals surface area contributed by atoms with E-state index in [1.807, 2.05) is 54.3 Å². The first-order valence-corrected chi connectivity index (χ1v) is 10.0. The van der Waals surface area contributed by atoms with Gasteiger partial charge in [-0.15, -0.1) is 0 Å². The highest BCUT2D eigenvalue weighted by atomic mass is 16.2. The second-order valence-electron chi connectivity index (χ2n) is 7.81. The average Bonchev–Trinajstić information content (AvgIpc) is 3.55. The molecule has 4 rings (SSSR count). The summed E-state index contributed by atoms with van der Waals surface area (Å²) in [6, 6.07) is 18.3. The van der Waals surface area contributed by atoms with Gasteiger partial charge in [0.2, 0.25) is 11.8 Å². The first-order chi connectivity index (χ1) is 13.6. The van der Waals surface area contributed by atoms with Gasteiger partial charge >= 0.3 is 0 Å². The van der Waals surface area contributed by atoms with Gasteiger partial charge in [-0.3, -0.25) is 9.59 Å². The van der Waals surface area contributed by atoms with E-state index in [2.05, 4.69) is 22.3 Å². The molecule has 1 N–H and O–H groups in total. The summed E-state index contributed by atoms with van der Waals surface area (Å²) in [5.41, 5.74) is 2.59. The number of carbonyl (C=O) groups is 2. The lowest BCUT2D eigenvalue weighted by atomic mass is 10.0. The zero-order valence-corrected chi connectivity index (χ0v) is 16.4. The fourth-order valence-electron chi connectivity index (χ4n) is 3.93. The van der Waals surface area contributed by atoms with Gasteiger partial charge in [-0.1, -0.05) is 42.5 Å². The molecule has 2 amide bonds. The van der Waals surface area contributed by atoms with Gasteiger partial charge in [0.25, 0.3) is 0 Å². The number of piperazine rings is 1. The van der Waals surface area contributed by atoms with Crippen molar-refractivity contribution in [1.82, 2.24) is 10.2 Å². The number of hydrogen-bond acceptors (Lipinski definition) is 3. The standard InChI is InChI=1S/C23H27N3O2/c1-18-7-5-6-8-19(18)17-24-21(27)23(11-12-23)22(28)26-15-13-25(14-16-26)20-9-3-2-4-10-20/h2-10H,11-17H2,1H3,(H,24,27). The summed E-state index contributed by atoms with van der Waals surface area (Å²) < 4.78 is 0. The van der Waals surface area contributed by atoms with E-state index in [-0.39, 0.29) is 11.8 Å². The lowest BCUT2D eigenvalue weighted by Crippen LogP contribution is -2.53. The number of benzene rings is 2. The average molecular weight is 377 g/mol. The summed E-state index contributed by atoms with van der Waals surface area (Å²) in [5, 5.41) is 3.00. The third-order valence-corrected chi connectivity index (χ3v) is 5.98. The maximum absolute atomic E-state index is 13.1. The normalized spacial score (nSPS) is 17.9. The Morgan fingerprint density at radius 1 is 0.929 bits per heavy atom. The molecule has 1 aliphatic carbocycles. The molecule has 146 valence electrons. The third kappa shape index (κ3) is 3.61. The maximum Gasteiger partial charge on any atom is 0.238 e. The first-order valence-electron chi connectivity index (χ1n) is 10.0. The molecule has 0 aromatic heterocycles. The smallest absolute Gasteiger partial charge is 0.238 e. The van der Waals surface area contributed by atoms with Crippen molar-refractivity contribution < 1.29 is 9.59 Å². The Balaban J connectivity index is 1.34. The summed E-state index contributed by atoms with van der Waals surface area (Å²) in [6.07, 6.45) is 1.31. The van der Waals surface area contributed by atoms with E-state index in [1.54, 1.807) is 0 Å². The molecule has 1 saturated carbocycles. The van der Waals surface area contributed by atoms with Crippen molar-refractivity contribution >= 4 is 17.5 Å². The topological polar surface area (TPSA) is 52.7 Å². The molecule has 2 aromatic rings. The number of nitrogens with zero attached hydrogens (tertiary/aromatic N) is 2. The highest BCUT2D eigenvalue weighted by Gasteiger charge is 2.58. The van der Waals surface area contributed by atoms with Crippen LogP contribution in [0.5, 0.6) is 0 Å². The summed E-state index contributed by atoms with van der Waals surface area (Å²) in [5.74, 6) is -0.117. The number of rotatable bonds is 5. The van der Waals surface area contributed by atoms with E-state index in [9.17, 15) is 9.59 Å². The van der Waals surface area contributed by atoms with Crippen LogP contribution in [0.2, 0.25) is 0 Å². The van der Waals surface area contributed by atoms with Crippen LogP contribution in [0.4, 0.5) is 5.69 Å². The van der Waals surface area contributed by atoms with E-state index in [4.69, 9.17) is 0 Å². The minimum Gasteiger partial charge on any atom is -0.368 e. The van der Waals surface area contributed by atoms with Gasteiger partial charge in [-0.2, -0.15) is 0 Å². The molecule has 1 heterocycles. The van der Waals surface area contributed by atoms with Crippen molar-refractivity contribution in [2.45, 2.75) is 26.3 Å². The minimum atomic E-state index is -0.836. The molecule has 0 radical (unpaired) electrons. The molecule has 28 heavy (non-hydrogen) atoms. The molecule has 1 aliphatic heterocycles. The van der Waals surface area contributed by atoms with Crippen LogP contribution in [0, 0.1) is 12.3 Å². The number of nitrogens with one attached hydrogen (secondary N) is 1. The zero-order chi connectivity index (χ0) is 19.6. The predicted molar refractivity (Wildman–Crippen MR) is 110 cm³/mol. The third-order valence-electron chi connectivity index (χ3n) is 5.98. The summed E-state index contributed by atoms with van der Waals surface area (Å²) in [6.45, 7) is 5.45. The van der Waals surface area contributed by atoms with Crippen molar-refractivity contribution in [3.05, 3.63) is 65.7 Å². The monoisotopic (exact) mass is 377 g/mol. The van der Waals surface area contributed by atoms with Crippen LogP contribution in [0.3, 0.4) is 0 Å². The maximum atomic E-state index is 13.1. The Labute approximate surface area is 166 Å². The Hall–Kier alpha value is -2.82. The van der Waals surface area contributed by atoms with E-state index >= 15 is 0 Å². The number of anilines is 1. The van der Waals surface area contributed by atoms with E-state index in [0.29, 0.717) is 32.5 Å². The highest BCUT2D eigenvalue weighted by molar-refractivity contribution is 6.07. The SMILES string of the molecule is Cc1ccccc1CNC(=O)C1(C(=O)N2CCN(c3ccccc3)CC2)CC1. The van der Waals surface area contributed by atoms with Crippen molar-refractivity contribution in [1.29, 1.82) is 0 Å². The molecule has 5 nitrogen and oxygen atoms in total. The Bertz CT molecular complexity index is 853. The van der Waals surface area contributed by atoms with E-state index < -0.39 is 5.41 Å². The number of para-hydroxylation sites is 1. The van der Waals surface area contributed by atoms with Gasteiger partial charge in [0, 0.05) is 38.4 Å². The largest absolute Gasteiger partial charge is 0.368 e. The van der Waals surface area contributed by atoms with Gasteiger partial charge in [0.15, 0.2) is 0 Å². The van der Waals surface area contributed by atoms with Crippen LogP contribution in [-0.2, 0) is 16.1 Å². The van der Waals surface area contributed by atoms with E-state index in [0.717, 1.165) is 24.2 Å². The van der Waals surface area contributed by atoms with Crippen LogP contribution in [0.1, 0.15) is 24.0 Å². The number of amides is 2. The molecule has 2 aliphatic rings. The summed E-state index contributed by atoms with van der Waals surface area (Å²) in [4.78, 5) is 30.1. The van der Waals surface area contributed by atoms with Gasteiger partial charge < -0.3 is 15.1 Å². The fourth-order valence-corrected chi connectivity index (χ4v) is 3.93. The van der Waals surface area contributed by atoms with Gasteiger partial charge in [-0.05, 0) is 43.0 Å². The Kier molecular flexibility index (Phi) is 5.07. The first kappa shape index (κ1) is 18.5. The molecule has 2 aromatic carbocycles. The summed E-state index contributed by atoms with van der Waals surface area (Å²) >= 11 is 0. The number of hydrogen-bond donors (Lipinski definition) is 1. The molecule has 0 unspecified atom stereocenters. The van der Waals surface area contributed by atoms with Crippen molar-refractivity contribution in [2.75, 3.05) is 31.1 Å². The van der Waals surface area contributed by atoms with Crippen LogP contribution in [0.25, 0.3) is 0 Å². The van der Waals surface area contributed by atoms with Gasteiger partial charge in [0.05, 0.1) is 0 Å². The molecule has 0 spiro atoms. The number of carbonyl (C=O) groups excluding carboxylic acids is 2. The van der Waals surface area contributed by atoms with Crippen LogP contribution in [-0.4, -0.2) is 42.9 Å². The Morgan fingerprint density at radius 3 is 2.21 bits per heavy atom. The Morgan fingerprint density at radius 2 is 1.57 bits per heavy atom. The second-order valence-corrected chi connectivity index (χ2v) is 7.81. The lowest BCUT2D eigenvalue weighted by molar-refractivity contribution is -0.144. The zero-order valence-electron chi connectivity index (χ0n) is 16.4. The number of aryl methyl sites for hydroxylation is 1. The second kappa shape index (κ2) is 7.66. The highest BCUT2D eigenvalue weighted by Crippen LogP contribution is 2.47. The molecule has 1 saturated heterocycles. The van der Waals surface area contributed by atoms with Gasteiger partial charge in [-0.25, -0.2) is 0 Å². The molecular formula is C23H27N3O2. The van der Waals surface area contributed by atoms with Gasteiger partial charge in [0.1, 0.15) is 5.41 Å². The van der Waals surface area contributed by atoms with Crippen molar-refractivity contribution in [2.24, 2.45) is 5.41 Å². The molecule has 0 bridgehead atoms. The quantitative estimate of drug-likeness (QED) is 0.815. The lowest BCUT2D eigenvalue weighted by Gasteiger charge is -2.37. The van der Waals surface area contributed by atoms with Crippen molar-refractivity contribution in [3.63, 3.8) is 0 Å². The summed E-state index contributed by atoms with van der Waals surface area (Å²) in [7, 11) is 0. The van der Waals surface area contributed by atoms with Crippen LogP contribution >= 0.6 is 0 Å². The predicted octanol–water partition coefficient (Wildman–Crippen LogP) is 2.74. The molecule has 2 fully saturated rings. The molecule has 0 atom stereocenters.